The fourth-order valence-electron chi connectivity index (χ4n) is 3.15. The van der Waals surface area contributed by atoms with Crippen LogP contribution in [0.2, 0.25) is 0 Å². The first-order chi connectivity index (χ1) is 13.7. The number of carboxylic acid groups (broad SMARTS) is 1. The topological polar surface area (TPSA) is 80.7 Å². The highest BCUT2D eigenvalue weighted by atomic mass is 79.9. The van der Waals surface area contributed by atoms with Crippen molar-refractivity contribution in [1.82, 2.24) is 0 Å². The summed E-state index contributed by atoms with van der Waals surface area (Å²) in [5, 5.41) is 9.41. The summed E-state index contributed by atoms with van der Waals surface area (Å²) in [5.74, 6) is -0.293. The summed E-state index contributed by atoms with van der Waals surface area (Å²) in [5.41, 5.74) is 1.05. The van der Waals surface area contributed by atoms with E-state index >= 15 is 0 Å². The van der Waals surface area contributed by atoms with E-state index in [0.717, 1.165) is 6.26 Å². The van der Waals surface area contributed by atoms with E-state index in [-0.39, 0.29) is 17.7 Å². The molecule has 7 heteroatoms. The molecule has 0 aliphatic carbocycles. The molecule has 0 amide bonds. The Morgan fingerprint density at radius 2 is 1.55 bits per heavy atom. The minimum Gasteiger partial charge on any atom is -0.481 e. The zero-order chi connectivity index (χ0) is 21.1. The molecule has 5 nitrogen and oxygen atoms in total. The third-order valence-electron chi connectivity index (χ3n) is 4.40. The largest absolute Gasteiger partial charge is 0.481 e. The Morgan fingerprint density at radius 1 is 0.966 bits per heavy atom. The molecule has 0 radical (unpaired) electrons. The van der Waals surface area contributed by atoms with Crippen LogP contribution in [-0.4, -0.2) is 25.7 Å². The molecule has 0 aliphatic rings. The Bertz CT molecular complexity index is 1110. The SMILES string of the molecule is CS(=O)(=O)C(Br)(c1ccccc1)c1c(CC(=O)O)cccc1Oc1ccccc1. The number of hydrogen-bond acceptors (Lipinski definition) is 4. The molecule has 150 valence electrons. The highest BCUT2D eigenvalue weighted by molar-refractivity contribution is 9.11. The van der Waals surface area contributed by atoms with Gasteiger partial charge in [0.15, 0.2) is 13.5 Å². The molecule has 1 unspecified atom stereocenters. The lowest BCUT2D eigenvalue weighted by Crippen LogP contribution is -2.32. The Balaban J connectivity index is 2.32. The Hall–Kier alpha value is -2.64. The molecule has 1 atom stereocenters. The van der Waals surface area contributed by atoms with E-state index < -0.39 is 19.5 Å². The molecule has 0 fully saturated rings. The maximum atomic E-state index is 13.0. The second kappa shape index (κ2) is 8.39. The van der Waals surface area contributed by atoms with Gasteiger partial charge in [0.05, 0.1) is 6.42 Å². The van der Waals surface area contributed by atoms with Gasteiger partial charge in [-0.25, -0.2) is 8.42 Å². The van der Waals surface area contributed by atoms with Crippen LogP contribution in [0.25, 0.3) is 0 Å². The first kappa shape index (κ1) is 21.1. The summed E-state index contributed by atoms with van der Waals surface area (Å²) in [7, 11) is -3.80. The predicted octanol–water partition coefficient (Wildman–Crippen LogP) is 4.75. The minimum absolute atomic E-state index is 0.250. The van der Waals surface area contributed by atoms with Crippen LogP contribution in [0.4, 0.5) is 0 Å². The summed E-state index contributed by atoms with van der Waals surface area (Å²) in [6, 6.07) is 22.4. The Kier molecular flexibility index (Phi) is 6.10. The molecular weight excluding hydrogens is 456 g/mol. The second-order valence-corrected chi connectivity index (χ2v) is 10.4. The molecule has 0 aromatic heterocycles. The van der Waals surface area contributed by atoms with Gasteiger partial charge in [-0.05, 0) is 29.3 Å². The van der Waals surface area contributed by atoms with Crippen LogP contribution >= 0.6 is 15.9 Å². The van der Waals surface area contributed by atoms with Crippen LogP contribution in [0.1, 0.15) is 16.7 Å². The number of hydrogen-bond donors (Lipinski definition) is 1. The van der Waals surface area contributed by atoms with Crippen molar-refractivity contribution >= 4 is 31.7 Å². The van der Waals surface area contributed by atoms with Gasteiger partial charge in [0.1, 0.15) is 11.5 Å². The van der Waals surface area contributed by atoms with Crippen molar-refractivity contribution in [1.29, 1.82) is 0 Å². The maximum absolute atomic E-state index is 13.0. The number of benzene rings is 3. The van der Waals surface area contributed by atoms with Crippen LogP contribution in [0.5, 0.6) is 11.5 Å². The lowest BCUT2D eigenvalue weighted by atomic mass is 9.96. The fourth-order valence-corrected chi connectivity index (χ4v) is 5.03. The number of ether oxygens (including phenoxy) is 1. The van der Waals surface area contributed by atoms with Crippen molar-refractivity contribution < 1.29 is 23.1 Å². The number of aliphatic carboxylic acids is 1. The van der Waals surface area contributed by atoms with Crippen LogP contribution in [0.15, 0.2) is 78.9 Å². The minimum atomic E-state index is -3.80. The van der Waals surface area contributed by atoms with Gasteiger partial charge in [0.2, 0.25) is 0 Å². The standard InChI is InChI=1S/C22H19BrO5S/c1-29(26,27)22(23,17-10-4-2-5-11-17)21-16(15-20(24)25)9-8-14-19(21)28-18-12-6-3-7-13-18/h2-14H,15H2,1H3,(H,24,25). The number of carbonyl (C=O) groups is 1. The molecule has 0 spiro atoms. The average Bonchev–Trinajstić information content (AvgIpc) is 2.68. The van der Waals surface area contributed by atoms with Crippen molar-refractivity contribution in [2.75, 3.05) is 6.26 Å². The zero-order valence-electron chi connectivity index (χ0n) is 15.6. The number of sulfone groups is 1. The van der Waals surface area contributed by atoms with Gasteiger partial charge in [-0.15, -0.1) is 0 Å². The average molecular weight is 475 g/mol. The zero-order valence-corrected chi connectivity index (χ0v) is 18.0. The highest BCUT2D eigenvalue weighted by Gasteiger charge is 2.45. The van der Waals surface area contributed by atoms with Crippen molar-refractivity contribution in [3.05, 3.63) is 95.6 Å². The third-order valence-corrected chi connectivity index (χ3v) is 8.48. The first-order valence-corrected chi connectivity index (χ1v) is 11.4. The third kappa shape index (κ3) is 4.36. The molecule has 0 heterocycles. The van der Waals surface area contributed by atoms with E-state index in [2.05, 4.69) is 15.9 Å². The van der Waals surface area contributed by atoms with E-state index in [9.17, 15) is 18.3 Å². The summed E-state index contributed by atoms with van der Waals surface area (Å²) >= 11 is 3.47. The summed E-state index contributed by atoms with van der Waals surface area (Å²) < 4.78 is 30.4. The van der Waals surface area contributed by atoms with Crippen molar-refractivity contribution in [3.8, 4) is 11.5 Å². The number of rotatable bonds is 7. The fraction of sp³-hybridized carbons (Fsp3) is 0.136. The summed E-state index contributed by atoms with van der Waals surface area (Å²) in [4.78, 5) is 11.5. The number of alkyl halides is 1. The molecule has 0 saturated heterocycles. The van der Waals surface area contributed by atoms with Crippen LogP contribution < -0.4 is 4.74 Å². The van der Waals surface area contributed by atoms with Crippen LogP contribution in [0, 0.1) is 0 Å². The molecule has 1 N–H and O–H groups in total. The van der Waals surface area contributed by atoms with Gasteiger partial charge in [-0.1, -0.05) is 76.6 Å². The molecular formula is C22H19BrO5S. The quantitative estimate of drug-likeness (QED) is 0.499. The monoisotopic (exact) mass is 474 g/mol. The van der Waals surface area contributed by atoms with Crippen LogP contribution in [0.3, 0.4) is 0 Å². The van der Waals surface area contributed by atoms with E-state index in [1.54, 1.807) is 72.8 Å². The normalized spacial score (nSPS) is 13.4. The molecule has 29 heavy (non-hydrogen) atoms. The molecule has 3 aromatic carbocycles. The number of halogens is 1. The smallest absolute Gasteiger partial charge is 0.307 e. The van der Waals surface area contributed by atoms with E-state index in [1.807, 2.05) is 6.07 Å². The Morgan fingerprint density at radius 3 is 2.10 bits per heavy atom. The predicted molar refractivity (Wildman–Crippen MR) is 115 cm³/mol. The number of para-hydroxylation sites is 1. The summed E-state index contributed by atoms with van der Waals surface area (Å²) in [6.45, 7) is 0. The van der Waals surface area contributed by atoms with Crippen molar-refractivity contribution in [2.24, 2.45) is 0 Å². The van der Waals surface area contributed by atoms with Crippen molar-refractivity contribution in [2.45, 2.75) is 10.1 Å². The lowest BCUT2D eigenvalue weighted by Gasteiger charge is -2.30. The first-order valence-electron chi connectivity index (χ1n) is 8.74. The van der Waals surface area contributed by atoms with Gasteiger partial charge < -0.3 is 9.84 Å². The highest BCUT2D eigenvalue weighted by Crippen LogP contribution is 2.49. The summed E-state index contributed by atoms with van der Waals surface area (Å²) in [6.07, 6.45) is 0.760. The lowest BCUT2D eigenvalue weighted by molar-refractivity contribution is -0.136. The molecule has 3 aromatic rings. The van der Waals surface area contributed by atoms with Gasteiger partial charge in [-0.3, -0.25) is 4.79 Å². The Labute approximate surface area is 178 Å². The van der Waals surface area contributed by atoms with Crippen molar-refractivity contribution in [3.63, 3.8) is 0 Å². The molecule has 3 rings (SSSR count). The van der Waals surface area contributed by atoms with Gasteiger partial charge in [-0.2, -0.15) is 0 Å². The number of carboxylic acids is 1. The van der Waals surface area contributed by atoms with Crippen LogP contribution in [-0.2, 0) is 24.7 Å². The van der Waals surface area contributed by atoms with E-state index in [0.29, 0.717) is 16.9 Å². The second-order valence-electron chi connectivity index (χ2n) is 6.51. The van der Waals surface area contributed by atoms with E-state index in [4.69, 9.17) is 4.74 Å². The van der Waals surface area contributed by atoms with E-state index in [1.165, 1.54) is 0 Å². The molecule has 0 bridgehead atoms. The van der Waals surface area contributed by atoms with Gasteiger partial charge in [0.25, 0.3) is 0 Å². The van der Waals surface area contributed by atoms with Gasteiger partial charge >= 0.3 is 5.97 Å². The maximum Gasteiger partial charge on any atom is 0.307 e. The van der Waals surface area contributed by atoms with Gasteiger partial charge in [0, 0.05) is 11.8 Å². The molecule has 0 saturated carbocycles. The molecule has 0 aliphatic heterocycles.